The molecule has 0 aliphatic carbocycles. The Kier molecular flexibility index (Phi) is 4.02. The molecule has 0 aliphatic rings. The fraction of sp³-hybridized carbons (Fsp3) is 0.286. The van der Waals surface area contributed by atoms with Crippen LogP contribution in [0.2, 0.25) is 0 Å². The molecular formula is C14H16FN3O2. The maximum atomic E-state index is 14.1. The fourth-order valence-corrected chi connectivity index (χ4v) is 2.01. The molecule has 0 unspecified atom stereocenters. The van der Waals surface area contributed by atoms with Crippen molar-refractivity contribution >= 4 is 11.7 Å². The summed E-state index contributed by atoms with van der Waals surface area (Å²) < 4.78 is 20.4. The summed E-state index contributed by atoms with van der Waals surface area (Å²) in [6, 6.07) is 2.51. The van der Waals surface area contributed by atoms with Gasteiger partial charge in [-0.15, -0.1) is 0 Å². The van der Waals surface area contributed by atoms with E-state index < -0.39 is 11.8 Å². The maximum absolute atomic E-state index is 14.1. The zero-order valence-electron chi connectivity index (χ0n) is 11.4. The molecule has 0 aliphatic heterocycles. The molecule has 2 rings (SSSR count). The Morgan fingerprint density at radius 2 is 2.25 bits per heavy atom. The zero-order chi connectivity index (χ0) is 14.7. The molecule has 2 aromatic rings. The van der Waals surface area contributed by atoms with Crippen LogP contribution in [-0.4, -0.2) is 22.6 Å². The van der Waals surface area contributed by atoms with Crippen molar-refractivity contribution < 1.29 is 13.9 Å². The molecule has 1 aromatic carbocycles. The van der Waals surface area contributed by atoms with E-state index in [1.165, 1.54) is 13.2 Å². The molecule has 6 heteroatoms. The van der Waals surface area contributed by atoms with Crippen LogP contribution in [0.15, 0.2) is 24.5 Å². The van der Waals surface area contributed by atoms with Crippen LogP contribution in [-0.2, 0) is 11.2 Å². The summed E-state index contributed by atoms with van der Waals surface area (Å²) in [7, 11) is 1.25. The fourth-order valence-electron chi connectivity index (χ4n) is 2.01. The highest BCUT2D eigenvalue weighted by Crippen LogP contribution is 2.23. The number of carbonyl (C=O) groups is 1. The number of halogens is 1. The van der Waals surface area contributed by atoms with E-state index in [9.17, 15) is 9.18 Å². The Hall–Kier alpha value is -2.37. The second kappa shape index (κ2) is 5.73. The van der Waals surface area contributed by atoms with Crippen molar-refractivity contribution in [3.05, 3.63) is 41.7 Å². The number of hydrogen-bond acceptors (Lipinski definition) is 4. The summed E-state index contributed by atoms with van der Waals surface area (Å²) >= 11 is 0. The van der Waals surface area contributed by atoms with E-state index in [0.29, 0.717) is 6.42 Å². The molecule has 106 valence electrons. The third-order valence-electron chi connectivity index (χ3n) is 2.97. The van der Waals surface area contributed by atoms with Crippen LogP contribution in [0.25, 0.3) is 5.69 Å². The number of imidazole rings is 1. The predicted molar refractivity (Wildman–Crippen MR) is 73.3 cm³/mol. The van der Waals surface area contributed by atoms with E-state index in [2.05, 4.69) is 9.72 Å². The molecule has 1 aromatic heterocycles. The Balaban J connectivity index is 2.56. The van der Waals surface area contributed by atoms with Gasteiger partial charge in [-0.1, -0.05) is 6.92 Å². The zero-order valence-corrected chi connectivity index (χ0v) is 11.4. The summed E-state index contributed by atoms with van der Waals surface area (Å²) in [5.74, 6) is -0.376. The molecular weight excluding hydrogens is 261 g/mol. The summed E-state index contributed by atoms with van der Waals surface area (Å²) in [6.07, 6.45) is 4.85. The highest BCUT2D eigenvalue weighted by atomic mass is 19.1. The van der Waals surface area contributed by atoms with Gasteiger partial charge < -0.3 is 15.0 Å². The minimum Gasteiger partial charge on any atom is -0.465 e. The van der Waals surface area contributed by atoms with Crippen LogP contribution < -0.4 is 5.73 Å². The molecule has 0 radical (unpaired) electrons. The van der Waals surface area contributed by atoms with Gasteiger partial charge in [0.15, 0.2) is 0 Å². The number of rotatable bonds is 4. The first-order valence-electron chi connectivity index (χ1n) is 6.28. The molecule has 0 saturated heterocycles. The largest absolute Gasteiger partial charge is 0.465 e. The first-order valence-corrected chi connectivity index (χ1v) is 6.28. The number of ether oxygens (including phenoxy) is 1. The molecule has 5 nitrogen and oxygen atoms in total. The van der Waals surface area contributed by atoms with Crippen molar-refractivity contribution in [1.82, 2.24) is 9.55 Å². The van der Waals surface area contributed by atoms with E-state index in [-0.39, 0.29) is 16.9 Å². The Bertz CT molecular complexity index is 637. The number of nitrogens with zero attached hydrogens (tertiary/aromatic N) is 2. The van der Waals surface area contributed by atoms with Crippen molar-refractivity contribution in [2.45, 2.75) is 19.8 Å². The van der Waals surface area contributed by atoms with Gasteiger partial charge in [-0.05, 0) is 18.6 Å². The van der Waals surface area contributed by atoms with Crippen molar-refractivity contribution in [2.24, 2.45) is 0 Å². The van der Waals surface area contributed by atoms with Crippen LogP contribution in [0.3, 0.4) is 0 Å². The minimum atomic E-state index is -0.596. The second-order valence-electron chi connectivity index (χ2n) is 4.35. The van der Waals surface area contributed by atoms with Crippen molar-refractivity contribution in [1.29, 1.82) is 0 Å². The minimum absolute atomic E-state index is 0.0512. The molecule has 0 saturated carbocycles. The van der Waals surface area contributed by atoms with Gasteiger partial charge in [0.2, 0.25) is 0 Å². The third-order valence-corrected chi connectivity index (χ3v) is 2.97. The quantitative estimate of drug-likeness (QED) is 0.688. The second-order valence-corrected chi connectivity index (χ2v) is 4.35. The number of nitrogen functional groups attached to an aromatic ring is 1. The number of hydrogen-bond donors (Lipinski definition) is 1. The SMILES string of the molecule is CCCc1nccn1-c1cc(C(=O)OC)c(N)cc1F. The first kappa shape index (κ1) is 14.0. The lowest BCUT2D eigenvalue weighted by atomic mass is 10.1. The molecule has 20 heavy (non-hydrogen) atoms. The molecule has 0 atom stereocenters. The smallest absolute Gasteiger partial charge is 0.340 e. The lowest BCUT2D eigenvalue weighted by Crippen LogP contribution is -2.10. The van der Waals surface area contributed by atoms with Gasteiger partial charge in [-0.2, -0.15) is 0 Å². The van der Waals surface area contributed by atoms with Crippen LogP contribution >= 0.6 is 0 Å². The molecule has 1 heterocycles. The van der Waals surface area contributed by atoms with E-state index in [4.69, 9.17) is 5.73 Å². The van der Waals surface area contributed by atoms with Crippen LogP contribution in [0.4, 0.5) is 10.1 Å². The number of carbonyl (C=O) groups excluding carboxylic acids is 1. The number of nitrogens with two attached hydrogens (primary N) is 1. The summed E-state index contributed by atoms with van der Waals surface area (Å²) in [6.45, 7) is 2.01. The molecule has 0 amide bonds. The van der Waals surface area contributed by atoms with Crippen molar-refractivity contribution in [3.8, 4) is 5.69 Å². The van der Waals surface area contributed by atoms with Gasteiger partial charge in [0, 0.05) is 24.5 Å². The number of methoxy groups -OCH3 is 1. The monoisotopic (exact) mass is 277 g/mol. The topological polar surface area (TPSA) is 70.1 Å². The number of anilines is 1. The van der Waals surface area contributed by atoms with Crippen molar-refractivity contribution in [3.63, 3.8) is 0 Å². The van der Waals surface area contributed by atoms with Gasteiger partial charge in [-0.25, -0.2) is 14.2 Å². The standard InChI is InChI=1S/C14H16FN3O2/c1-3-4-13-17-5-6-18(13)12-7-9(14(19)20-2)11(16)8-10(12)15/h5-8H,3-4,16H2,1-2H3. The highest BCUT2D eigenvalue weighted by molar-refractivity contribution is 5.95. The lowest BCUT2D eigenvalue weighted by molar-refractivity contribution is 0.0602. The number of benzene rings is 1. The van der Waals surface area contributed by atoms with Crippen molar-refractivity contribution in [2.75, 3.05) is 12.8 Å². The summed E-state index contributed by atoms with van der Waals surface area (Å²) in [4.78, 5) is 15.8. The predicted octanol–water partition coefficient (Wildman–Crippen LogP) is 2.33. The van der Waals surface area contributed by atoms with E-state index in [0.717, 1.165) is 18.3 Å². The summed E-state index contributed by atoms with van der Waals surface area (Å²) in [5, 5.41) is 0. The van der Waals surface area contributed by atoms with Crippen LogP contribution in [0.1, 0.15) is 29.5 Å². The van der Waals surface area contributed by atoms with Crippen LogP contribution in [0.5, 0.6) is 0 Å². The van der Waals surface area contributed by atoms with Gasteiger partial charge >= 0.3 is 5.97 Å². The number of aryl methyl sites for hydroxylation is 1. The first-order chi connectivity index (χ1) is 9.58. The molecule has 0 fully saturated rings. The molecule has 2 N–H and O–H groups in total. The van der Waals surface area contributed by atoms with E-state index in [1.807, 2.05) is 6.92 Å². The van der Waals surface area contributed by atoms with Gasteiger partial charge in [0.1, 0.15) is 11.6 Å². The molecule has 0 spiro atoms. The summed E-state index contributed by atoms with van der Waals surface area (Å²) in [5.41, 5.74) is 6.08. The Labute approximate surface area is 116 Å². The van der Waals surface area contributed by atoms with Gasteiger partial charge in [0.05, 0.1) is 18.4 Å². The lowest BCUT2D eigenvalue weighted by Gasteiger charge is -2.11. The third kappa shape index (κ3) is 2.49. The van der Waals surface area contributed by atoms with Gasteiger partial charge in [0.25, 0.3) is 0 Å². The molecule has 0 bridgehead atoms. The number of aromatic nitrogens is 2. The highest BCUT2D eigenvalue weighted by Gasteiger charge is 2.17. The normalized spacial score (nSPS) is 10.6. The number of esters is 1. The van der Waals surface area contributed by atoms with Gasteiger partial charge in [-0.3, -0.25) is 0 Å². The van der Waals surface area contributed by atoms with Crippen LogP contribution in [0, 0.1) is 5.82 Å². The van der Waals surface area contributed by atoms with E-state index >= 15 is 0 Å². The average Bonchev–Trinajstić information content (AvgIpc) is 2.87. The van der Waals surface area contributed by atoms with E-state index in [1.54, 1.807) is 17.0 Å². The maximum Gasteiger partial charge on any atom is 0.340 e. The Morgan fingerprint density at radius 3 is 2.90 bits per heavy atom. The average molecular weight is 277 g/mol. The Morgan fingerprint density at radius 1 is 1.50 bits per heavy atom.